The summed E-state index contributed by atoms with van der Waals surface area (Å²) in [6.45, 7) is 8.92. The van der Waals surface area contributed by atoms with Crippen LogP contribution in [0.1, 0.15) is 46.0 Å². The summed E-state index contributed by atoms with van der Waals surface area (Å²) in [6, 6.07) is 0.669. The van der Waals surface area contributed by atoms with Crippen molar-refractivity contribution in [1.29, 1.82) is 0 Å². The number of rotatable bonds is 9. The highest BCUT2D eigenvalue weighted by Gasteiger charge is 2.19. The fraction of sp³-hybridized carbons (Fsp3) is 1.00. The quantitative estimate of drug-likeness (QED) is 0.628. The normalized spacial score (nSPS) is 22.2. The Hall–Kier alpha value is -0.120. The molecule has 0 aromatic heterocycles. The van der Waals surface area contributed by atoms with E-state index >= 15 is 0 Å². The lowest BCUT2D eigenvalue weighted by Gasteiger charge is -2.27. The van der Waals surface area contributed by atoms with E-state index in [1.54, 1.807) is 0 Å². The first-order valence-electron chi connectivity index (χ1n) is 7.26. The minimum absolute atomic E-state index is 0.487. The van der Waals surface area contributed by atoms with Gasteiger partial charge in [-0.3, -0.25) is 0 Å². The molecule has 1 rings (SSSR count). The van der Waals surface area contributed by atoms with Gasteiger partial charge in [0.15, 0.2) is 0 Å². The monoisotopic (exact) mass is 242 g/mol. The molecule has 17 heavy (non-hydrogen) atoms. The summed E-state index contributed by atoms with van der Waals surface area (Å²) < 4.78 is 5.68. The van der Waals surface area contributed by atoms with E-state index in [0.29, 0.717) is 12.1 Å². The second kappa shape index (κ2) is 8.90. The Morgan fingerprint density at radius 1 is 1.41 bits per heavy atom. The molecule has 0 aliphatic carbocycles. The summed E-state index contributed by atoms with van der Waals surface area (Å²) in [6.07, 6.45) is 6.76. The van der Waals surface area contributed by atoms with Crippen LogP contribution in [0.15, 0.2) is 0 Å². The number of nitrogens with one attached hydrogen (secondary N) is 1. The van der Waals surface area contributed by atoms with Gasteiger partial charge >= 0.3 is 0 Å². The van der Waals surface area contributed by atoms with Crippen LogP contribution in [-0.4, -0.2) is 50.3 Å². The Morgan fingerprint density at radius 3 is 2.88 bits per heavy atom. The van der Waals surface area contributed by atoms with Gasteiger partial charge < -0.3 is 15.0 Å². The van der Waals surface area contributed by atoms with E-state index in [1.165, 1.54) is 32.1 Å². The largest absolute Gasteiger partial charge is 0.377 e. The SMILES string of the molecule is CCCNCCCC(C)N(C)CC1CCCO1. The van der Waals surface area contributed by atoms with Gasteiger partial charge in [-0.1, -0.05) is 6.92 Å². The highest BCUT2D eigenvalue weighted by atomic mass is 16.5. The van der Waals surface area contributed by atoms with Crippen LogP contribution in [0.2, 0.25) is 0 Å². The molecule has 1 fully saturated rings. The number of hydrogen-bond acceptors (Lipinski definition) is 3. The summed E-state index contributed by atoms with van der Waals surface area (Å²) in [5.74, 6) is 0. The molecule has 1 aliphatic rings. The first-order chi connectivity index (χ1) is 8.24. The molecular formula is C14H30N2O. The number of ether oxygens (including phenoxy) is 1. The zero-order chi connectivity index (χ0) is 12.5. The third-order valence-corrected chi connectivity index (χ3v) is 3.67. The van der Waals surface area contributed by atoms with E-state index in [2.05, 4.69) is 31.1 Å². The van der Waals surface area contributed by atoms with E-state index in [0.717, 1.165) is 26.2 Å². The molecule has 0 spiro atoms. The van der Waals surface area contributed by atoms with Gasteiger partial charge in [0.1, 0.15) is 0 Å². The average molecular weight is 242 g/mol. The standard InChI is InChI=1S/C14H30N2O/c1-4-9-15-10-5-7-13(2)16(3)12-14-8-6-11-17-14/h13-15H,4-12H2,1-3H3. The molecule has 0 radical (unpaired) electrons. The van der Waals surface area contributed by atoms with Gasteiger partial charge in [0, 0.05) is 19.2 Å². The zero-order valence-corrected chi connectivity index (χ0v) is 11.9. The van der Waals surface area contributed by atoms with Gasteiger partial charge in [0.25, 0.3) is 0 Å². The summed E-state index contributed by atoms with van der Waals surface area (Å²) in [7, 11) is 2.23. The van der Waals surface area contributed by atoms with Crippen molar-refractivity contribution in [3.63, 3.8) is 0 Å². The van der Waals surface area contributed by atoms with Crippen molar-refractivity contribution < 1.29 is 4.74 Å². The highest BCUT2D eigenvalue weighted by molar-refractivity contribution is 4.72. The molecule has 1 saturated heterocycles. The second-order valence-corrected chi connectivity index (χ2v) is 5.32. The number of likely N-dealkylation sites (N-methyl/N-ethyl adjacent to an activating group) is 1. The molecule has 3 nitrogen and oxygen atoms in total. The van der Waals surface area contributed by atoms with Crippen molar-refractivity contribution >= 4 is 0 Å². The topological polar surface area (TPSA) is 24.5 Å². The average Bonchev–Trinajstić information content (AvgIpc) is 2.81. The van der Waals surface area contributed by atoms with E-state index in [-0.39, 0.29) is 0 Å². The van der Waals surface area contributed by atoms with Crippen LogP contribution in [0.5, 0.6) is 0 Å². The van der Waals surface area contributed by atoms with Crippen molar-refractivity contribution in [3.8, 4) is 0 Å². The van der Waals surface area contributed by atoms with Crippen molar-refractivity contribution in [2.24, 2.45) is 0 Å². The minimum atomic E-state index is 0.487. The van der Waals surface area contributed by atoms with Crippen LogP contribution < -0.4 is 5.32 Å². The lowest BCUT2D eigenvalue weighted by molar-refractivity contribution is 0.0689. The fourth-order valence-electron chi connectivity index (χ4n) is 2.33. The summed E-state index contributed by atoms with van der Waals surface area (Å²) in [4.78, 5) is 2.45. The number of nitrogens with zero attached hydrogens (tertiary/aromatic N) is 1. The van der Waals surface area contributed by atoms with Gasteiger partial charge in [-0.2, -0.15) is 0 Å². The fourth-order valence-corrected chi connectivity index (χ4v) is 2.33. The van der Waals surface area contributed by atoms with E-state index < -0.39 is 0 Å². The maximum atomic E-state index is 5.68. The van der Waals surface area contributed by atoms with Crippen molar-refractivity contribution in [1.82, 2.24) is 10.2 Å². The third-order valence-electron chi connectivity index (χ3n) is 3.67. The molecule has 102 valence electrons. The predicted octanol–water partition coefficient (Wildman–Crippen LogP) is 2.27. The van der Waals surface area contributed by atoms with Gasteiger partial charge in [0.2, 0.25) is 0 Å². The van der Waals surface area contributed by atoms with Crippen LogP contribution in [0.3, 0.4) is 0 Å². The van der Waals surface area contributed by atoms with Crippen LogP contribution in [0, 0.1) is 0 Å². The molecular weight excluding hydrogens is 212 g/mol. The van der Waals surface area contributed by atoms with Crippen molar-refractivity contribution in [2.75, 3.05) is 33.3 Å². The van der Waals surface area contributed by atoms with Crippen LogP contribution >= 0.6 is 0 Å². The molecule has 3 heteroatoms. The van der Waals surface area contributed by atoms with E-state index in [4.69, 9.17) is 4.74 Å². The molecule has 1 N–H and O–H groups in total. The van der Waals surface area contributed by atoms with Crippen LogP contribution in [-0.2, 0) is 4.74 Å². The molecule has 1 aliphatic heterocycles. The Labute approximate surface area is 107 Å². The van der Waals surface area contributed by atoms with E-state index in [1.807, 2.05) is 0 Å². The Kier molecular flexibility index (Phi) is 7.82. The first-order valence-corrected chi connectivity index (χ1v) is 7.26. The van der Waals surface area contributed by atoms with Gasteiger partial charge in [-0.15, -0.1) is 0 Å². The maximum Gasteiger partial charge on any atom is 0.0702 e. The lowest BCUT2D eigenvalue weighted by Crippen LogP contribution is -2.36. The summed E-state index contributed by atoms with van der Waals surface area (Å²) in [5, 5.41) is 3.46. The summed E-state index contributed by atoms with van der Waals surface area (Å²) >= 11 is 0. The number of hydrogen-bond donors (Lipinski definition) is 1. The molecule has 0 aromatic rings. The third kappa shape index (κ3) is 6.39. The minimum Gasteiger partial charge on any atom is -0.377 e. The zero-order valence-electron chi connectivity index (χ0n) is 11.9. The molecule has 0 amide bonds. The Bertz CT molecular complexity index is 181. The Morgan fingerprint density at radius 2 is 2.24 bits per heavy atom. The Balaban J connectivity index is 2.02. The molecule has 1 heterocycles. The van der Waals surface area contributed by atoms with Gasteiger partial charge in [0.05, 0.1) is 6.10 Å². The predicted molar refractivity (Wildman–Crippen MR) is 73.5 cm³/mol. The molecule has 0 aromatic carbocycles. The molecule has 2 atom stereocenters. The molecule has 2 unspecified atom stereocenters. The van der Waals surface area contributed by atoms with Crippen LogP contribution in [0.25, 0.3) is 0 Å². The van der Waals surface area contributed by atoms with E-state index in [9.17, 15) is 0 Å². The summed E-state index contributed by atoms with van der Waals surface area (Å²) in [5.41, 5.74) is 0. The van der Waals surface area contributed by atoms with Gasteiger partial charge in [-0.05, 0) is 59.2 Å². The van der Waals surface area contributed by atoms with Crippen molar-refractivity contribution in [3.05, 3.63) is 0 Å². The lowest BCUT2D eigenvalue weighted by atomic mass is 10.1. The second-order valence-electron chi connectivity index (χ2n) is 5.32. The van der Waals surface area contributed by atoms with Gasteiger partial charge in [-0.25, -0.2) is 0 Å². The smallest absolute Gasteiger partial charge is 0.0702 e. The van der Waals surface area contributed by atoms with Crippen molar-refractivity contribution in [2.45, 2.75) is 58.1 Å². The molecule has 0 saturated carbocycles. The van der Waals surface area contributed by atoms with Crippen LogP contribution in [0.4, 0.5) is 0 Å². The first kappa shape index (κ1) is 14.9. The highest BCUT2D eigenvalue weighted by Crippen LogP contribution is 2.14. The molecule has 0 bridgehead atoms. The maximum absolute atomic E-state index is 5.68.